The zero-order valence-corrected chi connectivity index (χ0v) is 52.9. The molecule has 0 unspecified atom stereocenters. The predicted molar refractivity (Wildman–Crippen MR) is 341 cm³/mol. The van der Waals surface area contributed by atoms with Crippen LogP contribution in [0.5, 0.6) is 5.75 Å². The van der Waals surface area contributed by atoms with Crippen LogP contribution < -0.4 is 27.4 Å². The number of imidazole rings is 1. The van der Waals surface area contributed by atoms with Crippen LogP contribution in [0.1, 0.15) is 123 Å². The fourth-order valence-corrected chi connectivity index (χ4v) is 16.0. The van der Waals surface area contributed by atoms with Gasteiger partial charge in [-0.25, -0.2) is 44.7 Å². The van der Waals surface area contributed by atoms with Gasteiger partial charge in [-0.1, -0.05) is 49.4 Å². The molecule has 1 saturated heterocycles. The predicted octanol–water partition coefficient (Wildman–Crippen LogP) is 7.97. The number of amides is 6. The SMILES string of the molecule is Cc1sc2nc1C(=O)C[C@@H]([C@H](O)c1ccccc1)c1nc(cs1)C(=O)N[C@@H](Cc1ccc(O)cc1)C(=O)N1C[C@H](OC(=O)NCCc3cnc[nH]3)[C@H](C)[C@H]1c1nc(cs1)-c1nc(cs1)-c1nc(-c3nc(C(N)=O)cs3)ccc1-c1nc(cs1)C(=O)N[C@H]2CC(N)=O. The number of carbonyl (C=O) groups excluding carboxylic acids is 7. The Labute approximate surface area is 541 Å². The second kappa shape index (κ2) is 26.6. The van der Waals surface area contributed by atoms with Gasteiger partial charge in [-0.15, -0.1) is 68.0 Å². The summed E-state index contributed by atoms with van der Waals surface area (Å²) >= 11 is 6.92. The molecule has 2 aliphatic rings. The van der Waals surface area contributed by atoms with Crippen LogP contribution in [-0.2, 0) is 27.2 Å². The van der Waals surface area contributed by atoms with E-state index in [2.05, 4.69) is 35.9 Å². The van der Waals surface area contributed by atoms with E-state index in [9.17, 15) is 39.0 Å². The molecule has 464 valence electrons. The molecule has 10 N–H and O–H groups in total. The zero-order valence-electron chi connectivity index (χ0n) is 48.0. The molecular weight excluding hydrogens is 1280 g/mol. The maximum absolute atomic E-state index is 15.6. The topological polar surface area (TPSA) is 379 Å². The van der Waals surface area contributed by atoms with Gasteiger partial charge in [-0.05, 0) is 42.3 Å². The average Bonchev–Trinajstić information content (AvgIpc) is 1.67. The zero-order chi connectivity index (χ0) is 63.6. The number of primary amides is 2. The molecule has 10 bridgehead atoms. The molecule has 2 aromatic carbocycles. The Morgan fingerprint density at radius 3 is 2.16 bits per heavy atom. The third kappa shape index (κ3) is 13.6. The highest BCUT2D eigenvalue weighted by atomic mass is 32.1. The van der Waals surface area contributed by atoms with Gasteiger partial charge in [0.2, 0.25) is 11.8 Å². The first-order valence-corrected chi connectivity index (χ1v) is 33.4. The van der Waals surface area contributed by atoms with Crippen molar-refractivity contribution in [1.82, 2.24) is 65.7 Å². The number of H-pyrrole nitrogens is 1. The van der Waals surface area contributed by atoms with Gasteiger partial charge < -0.3 is 52.3 Å². The Hall–Kier alpha value is -9.37. The lowest BCUT2D eigenvalue weighted by Gasteiger charge is -2.29. The largest absolute Gasteiger partial charge is 0.508 e. The van der Waals surface area contributed by atoms with E-state index in [0.717, 1.165) is 51.0 Å². The van der Waals surface area contributed by atoms with Crippen LogP contribution in [0.3, 0.4) is 0 Å². The number of aliphatic hydroxyl groups excluding tert-OH is 1. The molecule has 6 amide bonds. The summed E-state index contributed by atoms with van der Waals surface area (Å²) in [5, 5.41) is 41.2. The van der Waals surface area contributed by atoms with Crippen LogP contribution in [0.4, 0.5) is 4.79 Å². The number of rotatable bonds is 12. The minimum atomic E-state index is -1.32. The number of ether oxygens (including phenoxy) is 1. The quantitative estimate of drug-likeness (QED) is 0.0574. The monoisotopic (exact) mass is 1340 g/mol. The number of nitrogens with zero attached hydrogens (tertiary/aromatic N) is 9. The Morgan fingerprint density at radius 1 is 0.736 bits per heavy atom. The van der Waals surface area contributed by atoms with Gasteiger partial charge in [-0.2, -0.15) is 0 Å². The van der Waals surface area contributed by atoms with Crippen molar-refractivity contribution >= 4 is 109 Å². The van der Waals surface area contributed by atoms with E-state index in [4.69, 9.17) is 41.1 Å². The van der Waals surface area contributed by atoms with E-state index in [0.29, 0.717) is 70.8 Å². The molecule has 12 rings (SSSR count). The van der Waals surface area contributed by atoms with Gasteiger partial charge in [0.05, 0.1) is 48.2 Å². The van der Waals surface area contributed by atoms with E-state index in [1.165, 1.54) is 51.9 Å². The van der Waals surface area contributed by atoms with Crippen molar-refractivity contribution in [3.05, 3.63) is 166 Å². The van der Waals surface area contributed by atoms with Crippen molar-refractivity contribution < 1.29 is 48.5 Å². The molecule has 91 heavy (non-hydrogen) atoms. The number of fused-ring (bicyclic) bond motifs is 16. The highest BCUT2D eigenvalue weighted by Gasteiger charge is 2.48. The van der Waals surface area contributed by atoms with Crippen LogP contribution in [0, 0.1) is 12.8 Å². The number of aromatic hydroxyl groups is 1. The molecule has 1 fully saturated rings. The number of phenols is 1. The number of benzene rings is 2. The molecule has 8 aromatic heterocycles. The third-order valence-corrected chi connectivity index (χ3v) is 20.8. The summed E-state index contributed by atoms with van der Waals surface area (Å²) in [5.41, 5.74) is 15.1. The molecule has 10 heterocycles. The number of phenolic OH excluding ortho intramolecular Hbond substituents is 1. The number of nitrogens with two attached hydrogens (primary N) is 2. The number of Topliss-reactive ketones (excluding diaryl/α,β-unsaturated/α-hetero) is 1. The van der Waals surface area contributed by atoms with Gasteiger partial charge in [0.25, 0.3) is 17.7 Å². The third-order valence-electron chi connectivity index (χ3n) is 15.2. The van der Waals surface area contributed by atoms with Crippen LogP contribution in [-0.4, -0.2) is 127 Å². The fraction of sp³-hybridized carbons (Fsp3) is 0.250. The number of hydrogen-bond acceptors (Lipinski definition) is 24. The lowest BCUT2D eigenvalue weighted by Crippen LogP contribution is -2.50. The highest BCUT2D eigenvalue weighted by Crippen LogP contribution is 2.44. The first-order chi connectivity index (χ1) is 43.9. The van der Waals surface area contributed by atoms with Crippen LogP contribution in [0.2, 0.25) is 0 Å². The van der Waals surface area contributed by atoms with Crippen LogP contribution >= 0.6 is 68.0 Å². The molecule has 25 nitrogen and oxygen atoms in total. The van der Waals surface area contributed by atoms with Crippen LogP contribution in [0.25, 0.3) is 43.4 Å². The van der Waals surface area contributed by atoms with Crippen molar-refractivity contribution in [3.8, 4) is 49.1 Å². The minimum Gasteiger partial charge on any atom is -0.508 e. The van der Waals surface area contributed by atoms with E-state index in [1.807, 2.05) is 6.92 Å². The number of alkyl carbamates (subject to hydrolysis) is 1. The maximum atomic E-state index is 15.6. The lowest BCUT2D eigenvalue weighted by atomic mass is 9.90. The standard InChI is InChI=1S/C60H53N15O10S6/c1-27-44(85-60(84)64-15-14-31-19-63-26-65-31)20-75-48(27)58-73-42(25-90-58)56-69-38(21-88-56)47-33(12-13-35(66-47)55-70-39(22-89-55)50(62)80)53-71-40(23-86-53)51(81)67-36(18-45(61)78)57-74-46(28(2)91-57)43(77)17-34(49(79)30-6-4-3-5-7-30)54-72-41(24-87-54)52(82)68-37(59(75)83)16-29-8-10-32(76)11-9-29/h3-13,19,21-27,34,36-37,44,48-49,76,79H,14-18,20H2,1-2H3,(H2,61,78)(H2,62,80)(H,63,65)(H,64,84)(H,67,81)(H,68,82)/t27-,34-,36-,37-,44-,48-,49+/m0/s1. The minimum absolute atomic E-state index is 0.0122. The van der Waals surface area contributed by atoms with Crippen molar-refractivity contribution in [3.63, 3.8) is 0 Å². The highest BCUT2D eigenvalue weighted by molar-refractivity contribution is 7.15. The number of nitrogens with one attached hydrogen (secondary N) is 4. The smallest absolute Gasteiger partial charge is 0.407 e. The van der Waals surface area contributed by atoms with Crippen molar-refractivity contribution in [2.24, 2.45) is 17.4 Å². The van der Waals surface area contributed by atoms with Gasteiger partial charge in [0, 0.05) is 86.9 Å². The Kier molecular flexibility index (Phi) is 18.1. The van der Waals surface area contributed by atoms with Crippen LogP contribution in [0.15, 0.2) is 106 Å². The molecule has 31 heteroatoms. The van der Waals surface area contributed by atoms with E-state index < -0.39 is 83.6 Å². The molecule has 10 aromatic rings. The number of aromatic nitrogens is 9. The molecule has 7 atom stereocenters. The molecule has 2 aliphatic heterocycles. The molecule has 0 radical (unpaired) electrons. The summed E-state index contributed by atoms with van der Waals surface area (Å²) in [6.07, 6.45) is -0.102. The van der Waals surface area contributed by atoms with Gasteiger partial charge in [0.1, 0.15) is 82.8 Å². The molecular formula is C60H53N15O10S6. The van der Waals surface area contributed by atoms with E-state index in [1.54, 1.807) is 88.8 Å². The van der Waals surface area contributed by atoms with Crippen molar-refractivity contribution in [2.75, 3.05) is 13.1 Å². The number of carbonyl (C=O) groups is 7. The number of pyridine rings is 1. The number of thiazole rings is 6. The first-order valence-electron chi connectivity index (χ1n) is 28.1. The Bertz CT molecular complexity index is 4370. The number of aliphatic hydroxyl groups is 1. The van der Waals surface area contributed by atoms with Gasteiger partial charge in [-0.3, -0.25) is 28.8 Å². The van der Waals surface area contributed by atoms with Gasteiger partial charge in [0.15, 0.2) is 5.78 Å². The number of ketones is 1. The number of aromatic amines is 1. The lowest BCUT2D eigenvalue weighted by molar-refractivity contribution is -0.134. The second-order valence-corrected chi connectivity index (χ2v) is 26.9. The second-order valence-electron chi connectivity index (χ2n) is 21.3. The summed E-state index contributed by atoms with van der Waals surface area (Å²) in [4.78, 5) is 141. The summed E-state index contributed by atoms with van der Waals surface area (Å²) < 4.78 is 6.11. The molecule has 0 spiro atoms. The normalized spacial score (nSPS) is 19.0. The Morgan fingerprint density at radius 2 is 1.42 bits per heavy atom. The van der Waals surface area contributed by atoms with Gasteiger partial charge >= 0.3 is 6.09 Å². The maximum Gasteiger partial charge on any atom is 0.407 e. The summed E-state index contributed by atoms with van der Waals surface area (Å²) in [7, 11) is 0. The molecule has 0 saturated carbocycles. The number of hydrogen-bond donors (Lipinski definition) is 8. The summed E-state index contributed by atoms with van der Waals surface area (Å²) in [6.45, 7) is 3.62. The first kappa shape index (κ1) is 61.9. The Balaban J connectivity index is 0.960. The number of aryl methyl sites for hydroxylation is 1. The van der Waals surface area contributed by atoms with E-state index in [-0.39, 0.29) is 70.9 Å². The van der Waals surface area contributed by atoms with E-state index >= 15 is 4.79 Å². The summed E-state index contributed by atoms with van der Waals surface area (Å²) in [5.74, 6) is -5.62. The van der Waals surface area contributed by atoms with Crippen molar-refractivity contribution in [1.29, 1.82) is 0 Å². The fourth-order valence-electron chi connectivity index (χ4n) is 10.6. The summed E-state index contributed by atoms with van der Waals surface area (Å²) in [6, 6.07) is 15.0. The van der Waals surface area contributed by atoms with Crippen molar-refractivity contribution in [2.45, 2.75) is 75.8 Å². The molecule has 0 aliphatic carbocycles. The average molecular weight is 1340 g/mol.